The summed E-state index contributed by atoms with van der Waals surface area (Å²) in [7, 11) is 0. The summed E-state index contributed by atoms with van der Waals surface area (Å²) in [5.41, 5.74) is 5.87. The van der Waals surface area contributed by atoms with E-state index in [-0.39, 0.29) is 36.0 Å². The van der Waals surface area contributed by atoms with E-state index in [4.69, 9.17) is 5.73 Å². The molecule has 1 aromatic rings. The Kier molecular flexibility index (Phi) is 7.86. The van der Waals surface area contributed by atoms with Crippen molar-refractivity contribution in [2.75, 3.05) is 38.0 Å². The fourth-order valence-corrected chi connectivity index (χ4v) is 3.77. The first-order valence-electron chi connectivity index (χ1n) is 9.37. The van der Waals surface area contributed by atoms with Gasteiger partial charge in [-0.15, -0.1) is 12.4 Å². The van der Waals surface area contributed by atoms with Crippen molar-refractivity contribution in [2.45, 2.75) is 25.7 Å². The Balaban J connectivity index is 0.00000261. The fraction of sp³-hybridized carbons (Fsp3) is 0.579. The molecular weight excluding hydrogens is 371 g/mol. The Hall–Kier alpha value is -1.86. The number of anilines is 1. The van der Waals surface area contributed by atoms with E-state index >= 15 is 0 Å². The number of halogens is 2. The summed E-state index contributed by atoms with van der Waals surface area (Å²) in [5, 5.41) is 2.61. The lowest BCUT2D eigenvalue weighted by Gasteiger charge is -2.37. The van der Waals surface area contributed by atoms with Gasteiger partial charge in [-0.1, -0.05) is 12.1 Å². The van der Waals surface area contributed by atoms with Crippen molar-refractivity contribution in [1.82, 2.24) is 9.80 Å². The first-order chi connectivity index (χ1) is 12.6. The number of likely N-dealkylation sites (tertiary alicyclic amines) is 2. The van der Waals surface area contributed by atoms with E-state index in [2.05, 4.69) is 5.32 Å². The van der Waals surface area contributed by atoms with Crippen LogP contribution in [0.25, 0.3) is 0 Å². The first-order valence-corrected chi connectivity index (χ1v) is 9.37. The number of benzene rings is 1. The maximum Gasteiger partial charge on any atom is 0.321 e. The van der Waals surface area contributed by atoms with Crippen LogP contribution in [0.1, 0.15) is 25.7 Å². The van der Waals surface area contributed by atoms with Crippen LogP contribution in [0.3, 0.4) is 0 Å². The molecule has 27 heavy (non-hydrogen) atoms. The van der Waals surface area contributed by atoms with Gasteiger partial charge in [0.1, 0.15) is 5.82 Å². The Labute approximate surface area is 165 Å². The maximum absolute atomic E-state index is 13.7. The van der Waals surface area contributed by atoms with Crippen molar-refractivity contribution < 1.29 is 14.0 Å². The molecule has 1 aromatic carbocycles. The van der Waals surface area contributed by atoms with Gasteiger partial charge in [0.15, 0.2) is 0 Å². The summed E-state index contributed by atoms with van der Waals surface area (Å²) in [4.78, 5) is 28.8. The molecule has 1 unspecified atom stereocenters. The van der Waals surface area contributed by atoms with E-state index in [1.165, 1.54) is 12.1 Å². The summed E-state index contributed by atoms with van der Waals surface area (Å²) < 4.78 is 13.7. The number of nitrogens with two attached hydrogens (primary N) is 1. The van der Waals surface area contributed by atoms with Crippen LogP contribution in [0.5, 0.6) is 0 Å². The van der Waals surface area contributed by atoms with E-state index in [0.717, 1.165) is 38.8 Å². The number of carbonyl (C=O) groups is 2. The van der Waals surface area contributed by atoms with Crippen LogP contribution < -0.4 is 11.1 Å². The summed E-state index contributed by atoms with van der Waals surface area (Å²) >= 11 is 0. The van der Waals surface area contributed by atoms with Crippen LogP contribution in [-0.4, -0.2) is 54.5 Å². The van der Waals surface area contributed by atoms with E-state index in [1.807, 2.05) is 4.90 Å². The Morgan fingerprint density at radius 2 is 1.81 bits per heavy atom. The molecule has 0 saturated carbocycles. The number of carbonyl (C=O) groups excluding carboxylic acids is 2. The van der Waals surface area contributed by atoms with Crippen molar-refractivity contribution >= 4 is 30.0 Å². The fourth-order valence-electron chi connectivity index (χ4n) is 3.77. The standard InChI is InChI=1S/C19H27FN4O2.ClH/c20-16-5-1-2-6-17(16)22-19(26)24-9-3-4-15(13-24)18(25)23-10-7-14(12-21)8-11-23;/h1-2,5-6,14-15H,3-4,7-13,21H2,(H,22,26);1H. The van der Waals surface area contributed by atoms with Gasteiger partial charge in [0.2, 0.25) is 5.91 Å². The van der Waals surface area contributed by atoms with Gasteiger partial charge in [-0.3, -0.25) is 4.79 Å². The molecule has 3 amide bonds. The number of piperidine rings is 2. The van der Waals surface area contributed by atoms with E-state index < -0.39 is 5.82 Å². The van der Waals surface area contributed by atoms with Crippen molar-refractivity contribution in [3.8, 4) is 0 Å². The van der Waals surface area contributed by atoms with Gasteiger partial charge in [0, 0.05) is 26.2 Å². The van der Waals surface area contributed by atoms with Crippen LogP contribution in [0.4, 0.5) is 14.9 Å². The second-order valence-corrected chi connectivity index (χ2v) is 7.20. The van der Waals surface area contributed by atoms with Crippen molar-refractivity contribution in [3.05, 3.63) is 30.1 Å². The minimum atomic E-state index is -0.465. The van der Waals surface area contributed by atoms with Gasteiger partial charge in [0.05, 0.1) is 11.6 Å². The SMILES string of the molecule is Cl.NCC1CCN(C(=O)C2CCCN(C(=O)Nc3ccccc3F)C2)CC1. The zero-order valence-electron chi connectivity index (χ0n) is 15.4. The topological polar surface area (TPSA) is 78.7 Å². The number of para-hydroxylation sites is 1. The van der Waals surface area contributed by atoms with Crippen LogP contribution in [0.15, 0.2) is 24.3 Å². The summed E-state index contributed by atoms with van der Waals surface area (Å²) in [6.07, 6.45) is 3.47. The highest BCUT2D eigenvalue weighted by atomic mass is 35.5. The molecule has 2 saturated heterocycles. The number of rotatable bonds is 3. The lowest BCUT2D eigenvalue weighted by atomic mass is 9.93. The summed E-state index contributed by atoms with van der Waals surface area (Å²) in [5.74, 6) is -0.00452. The van der Waals surface area contributed by atoms with Crippen LogP contribution in [-0.2, 0) is 4.79 Å². The molecule has 0 bridgehead atoms. The molecule has 3 N–H and O–H groups in total. The van der Waals surface area contributed by atoms with Crippen LogP contribution >= 0.6 is 12.4 Å². The molecule has 2 aliphatic heterocycles. The molecule has 0 spiro atoms. The van der Waals surface area contributed by atoms with Crippen molar-refractivity contribution in [2.24, 2.45) is 17.6 Å². The minimum absolute atomic E-state index is 0. The van der Waals surface area contributed by atoms with Gasteiger partial charge in [-0.25, -0.2) is 9.18 Å². The first kappa shape index (κ1) is 21.4. The van der Waals surface area contributed by atoms with Gasteiger partial charge >= 0.3 is 6.03 Å². The largest absolute Gasteiger partial charge is 0.342 e. The lowest BCUT2D eigenvalue weighted by molar-refractivity contribution is -0.138. The zero-order valence-corrected chi connectivity index (χ0v) is 16.2. The Morgan fingerprint density at radius 3 is 2.48 bits per heavy atom. The highest BCUT2D eigenvalue weighted by Crippen LogP contribution is 2.23. The van der Waals surface area contributed by atoms with Crippen molar-refractivity contribution in [1.29, 1.82) is 0 Å². The van der Waals surface area contributed by atoms with Crippen molar-refractivity contribution in [3.63, 3.8) is 0 Å². The predicted octanol–water partition coefficient (Wildman–Crippen LogP) is 2.69. The number of hydrogen-bond acceptors (Lipinski definition) is 3. The summed E-state index contributed by atoms with van der Waals surface area (Å²) in [6, 6.07) is 5.74. The molecule has 0 aromatic heterocycles. The van der Waals surface area contributed by atoms with Gasteiger partial charge in [0.25, 0.3) is 0 Å². The van der Waals surface area contributed by atoms with Gasteiger partial charge in [-0.05, 0) is 50.3 Å². The third-order valence-corrected chi connectivity index (χ3v) is 5.43. The predicted molar refractivity (Wildman–Crippen MR) is 105 cm³/mol. The molecular formula is C19H28ClFN4O2. The lowest BCUT2D eigenvalue weighted by Crippen LogP contribution is -2.49. The normalized spacial score (nSPS) is 20.7. The monoisotopic (exact) mass is 398 g/mol. The number of nitrogens with one attached hydrogen (secondary N) is 1. The molecule has 8 heteroatoms. The third-order valence-electron chi connectivity index (χ3n) is 5.43. The molecule has 0 aliphatic carbocycles. The van der Waals surface area contributed by atoms with Gasteiger partial charge < -0.3 is 20.9 Å². The second-order valence-electron chi connectivity index (χ2n) is 7.20. The number of amides is 3. The van der Waals surface area contributed by atoms with Gasteiger partial charge in [-0.2, -0.15) is 0 Å². The molecule has 1 atom stereocenters. The maximum atomic E-state index is 13.7. The molecule has 0 radical (unpaired) electrons. The van der Waals surface area contributed by atoms with E-state index in [0.29, 0.717) is 25.6 Å². The number of nitrogens with zero attached hydrogens (tertiary/aromatic N) is 2. The minimum Gasteiger partial charge on any atom is -0.342 e. The Bertz CT molecular complexity index is 652. The molecule has 3 rings (SSSR count). The molecule has 6 nitrogen and oxygen atoms in total. The van der Waals surface area contributed by atoms with Crippen LogP contribution in [0.2, 0.25) is 0 Å². The quantitative estimate of drug-likeness (QED) is 0.821. The smallest absolute Gasteiger partial charge is 0.321 e. The molecule has 150 valence electrons. The molecule has 2 aliphatic rings. The van der Waals surface area contributed by atoms with E-state index in [9.17, 15) is 14.0 Å². The highest BCUT2D eigenvalue weighted by Gasteiger charge is 2.32. The average molecular weight is 399 g/mol. The molecule has 2 heterocycles. The number of urea groups is 1. The molecule has 2 fully saturated rings. The second kappa shape index (κ2) is 9.90. The third kappa shape index (κ3) is 5.32. The van der Waals surface area contributed by atoms with Crippen LogP contribution in [0, 0.1) is 17.7 Å². The zero-order chi connectivity index (χ0) is 18.5. The average Bonchev–Trinajstić information content (AvgIpc) is 2.69. The Morgan fingerprint density at radius 1 is 1.11 bits per heavy atom. The highest BCUT2D eigenvalue weighted by molar-refractivity contribution is 5.90. The number of hydrogen-bond donors (Lipinski definition) is 2. The van der Waals surface area contributed by atoms with E-state index in [1.54, 1.807) is 17.0 Å². The summed E-state index contributed by atoms with van der Waals surface area (Å²) in [6.45, 7) is 3.14.